The maximum atomic E-state index is 11.5. The van der Waals surface area contributed by atoms with Gasteiger partial charge in [-0.15, -0.1) is 0 Å². The molecule has 0 radical (unpaired) electrons. The molecule has 1 fully saturated rings. The van der Waals surface area contributed by atoms with E-state index in [1.165, 1.54) is 12.8 Å². The van der Waals surface area contributed by atoms with Crippen LogP contribution in [0.5, 0.6) is 0 Å². The predicted octanol–water partition coefficient (Wildman–Crippen LogP) is 2.14. The van der Waals surface area contributed by atoms with Gasteiger partial charge in [-0.1, -0.05) is 17.7 Å². The summed E-state index contributed by atoms with van der Waals surface area (Å²) in [6.07, 6.45) is 4.26. The summed E-state index contributed by atoms with van der Waals surface area (Å²) in [6.45, 7) is 0.827. The minimum Gasteiger partial charge on any atom is -0.354 e. The number of nitrogens with one attached hydrogen (secondary N) is 2. The van der Waals surface area contributed by atoms with Gasteiger partial charge >= 0.3 is 0 Å². The smallest absolute Gasteiger partial charge is 0.271 e. The van der Waals surface area contributed by atoms with Gasteiger partial charge in [-0.25, -0.2) is 4.68 Å². The van der Waals surface area contributed by atoms with Crippen molar-refractivity contribution in [2.45, 2.75) is 25.4 Å². The minimum atomic E-state index is -0.213. The Bertz CT molecular complexity index is 663. The highest BCUT2D eigenvalue weighted by molar-refractivity contribution is 6.32. The number of benzene rings is 1. The molecule has 0 aliphatic heterocycles. The number of halogens is 1. The van der Waals surface area contributed by atoms with E-state index in [1.807, 2.05) is 18.2 Å². The predicted molar refractivity (Wildman–Crippen MR) is 81.8 cm³/mol. The molecule has 0 spiro atoms. The van der Waals surface area contributed by atoms with Crippen LogP contribution in [-0.4, -0.2) is 28.8 Å². The lowest BCUT2D eigenvalue weighted by Crippen LogP contribution is -2.18. The molecule has 0 saturated heterocycles. The minimum absolute atomic E-state index is 0.213. The first-order valence-corrected chi connectivity index (χ1v) is 7.35. The first-order valence-electron chi connectivity index (χ1n) is 6.97. The Hall–Kier alpha value is -1.85. The lowest BCUT2D eigenvalue weighted by atomic mass is 10.2. The number of amides is 1. The molecule has 1 heterocycles. The monoisotopic (exact) mass is 304 g/mol. The van der Waals surface area contributed by atoms with Crippen molar-refractivity contribution in [3.05, 3.63) is 46.7 Å². The molecule has 21 heavy (non-hydrogen) atoms. The number of hydrogen-bond donors (Lipinski definition) is 2. The molecule has 0 atom stereocenters. The molecule has 2 aromatic rings. The molecule has 5 nitrogen and oxygen atoms in total. The van der Waals surface area contributed by atoms with E-state index < -0.39 is 0 Å². The van der Waals surface area contributed by atoms with Gasteiger partial charge < -0.3 is 10.6 Å². The van der Waals surface area contributed by atoms with Crippen LogP contribution in [0.4, 0.5) is 0 Å². The summed E-state index contributed by atoms with van der Waals surface area (Å²) in [6, 6.07) is 8.22. The summed E-state index contributed by atoms with van der Waals surface area (Å²) in [5.41, 5.74) is 2.28. The van der Waals surface area contributed by atoms with E-state index in [0.717, 1.165) is 17.8 Å². The summed E-state index contributed by atoms with van der Waals surface area (Å²) in [7, 11) is 1.58. The Labute approximate surface area is 128 Å². The van der Waals surface area contributed by atoms with Crippen LogP contribution in [0.3, 0.4) is 0 Å². The molecule has 6 heteroatoms. The zero-order valence-electron chi connectivity index (χ0n) is 11.8. The standard InChI is InChI=1S/C15H17ClN4O/c1-17-15(21)13-6-7-20(19-13)14-5-2-10(8-12(14)16)9-18-11-3-4-11/h2,5-8,11,18H,3-4,9H2,1H3,(H,17,21). The third-order valence-electron chi connectivity index (χ3n) is 3.48. The topological polar surface area (TPSA) is 59.0 Å². The first-order chi connectivity index (χ1) is 10.2. The lowest BCUT2D eigenvalue weighted by Gasteiger charge is -2.08. The van der Waals surface area contributed by atoms with Crippen LogP contribution in [0, 0.1) is 0 Å². The third kappa shape index (κ3) is 3.25. The SMILES string of the molecule is CNC(=O)c1ccn(-c2ccc(CNC3CC3)cc2Cl)n1. The van der Waals surface area contributed by atoms with Gasteiger partial charge in [-0.05, 0) is 36.6 Å². The Kier molecular flexibility index (Phi) is 3.94. The van der Waals surface area contributed by atoms with Gasteiger partial charge in [0.25, 0.3) is 5.91 Å². The number of carbonyl (C=O) groups is 1. The van der Waals surface area contributed by atoms with Gasteiger partial charge in [-0.3, -0.25) is 4.79 Å². The van der Waals surface area contributed by atoms with Gasteiger partial charge in [-0.2, -0.15) is 5.10 Å². The molecule has 1 aromatic carbocycles. The van der Waals surface area contributed by atoms with E-state index in [1.54, 1.807) is 24.0 Å². The van der Waals surface area contributed by atoms with E-state index in [4.69, 9.17) is 11.6 Å². The molecule has 1 amide bonds. The van der Waals surface area contributed by atoms with Crippen LogP contribution in [0.1, 0.15) is 28.9 Å². The van der Waals surface area contributed by atoms with Crippen LogP contribution in [0.2, 0.25) is 5.02 Å². The van der Waals surface area contributed by atoms with E-state index in [-0.39, 0.29) is 5.91 Å². The van der Waals surface area contributed by atoms with Crippen molar-refractivity contribution in [2.75, 3.05) is 7.05 Å². The maximum absolute atomic E-state index is 11.5. The summed E-state index contributed by atoms with van der Waals surface area (Å²) in [5, 5.41) is 10.9. The third-order valence-corrected chi connectivity index (χ3v) is 3.78. The van der Waals surface area contributed by atoms with Crippen molar-refractivity contribution >= 4 is 17.5 Å². The molecule has 1 aliphatic rings. The Morgan fingerprint density at radius 2 is 2.24 bits per heavy atom. The van der Waals surface area contributed by atoms with E-state index in [9.17, 15) is 4.79 Å². The molecule has 2 N–H and O–H groups in total. The Morgan fingerprint density at radius 1 is 1.43 bits per heavy atom. The van der Waals surface area contributed by atoms with Crippen molar-refractivity contribution in [1.29, 1.82) is 0 Å². The average molecular weight is 305 g/mol. The number of nitrogens with zero attached hydrogens (tertiary/aromatic N) is 2. The van der Waals surface area contributed by atoms with Crippen molar-refractivity contribution < 1.29 is 4.79 Å². The molecule has 1 aromatic heterocycles. The summed E-state index contributed by atoms with van der Waals surface area (Å²) >= 11 is 6.33. The molecular formula is C15H17ClN4O. The largest absolute Gasteiger partial charge is 0.354 e. The van der Waals surface area contributed by atoms with Gasteiger partial charge in [0.05, 0.1) is 10.7 Å². The summed E-state index contributed by atoms with van der Waals surface area (Å²) in [4.78, 5) is 11.5. The fourth-order valence-electron chi connectivity index (χ4n) is 2.10. The average Bonchev–Trinajstić information content (AvgIpc) is 3.20. The van der Waals surface area contributed by atoms with E-state index in [0.29, 0.717) is 16.8 Å². The zero-order chi connectivity index (χ0) is 14.8. The van der Waals surface area contributed by atoms with Crippen molar-refractivity contribution in [3.63, 3.8) is 0 Å². The van der Waals surface area contributed by atoms with Gasteiger partial charge in [0.15, 0.2) is 5.69 Å². The molecule has 1 aliphatic carbocycles. The highest BCUT2D eigenvalue weighted by Crippen LogP contribution is 2.23. The second-order valence-corrected chi connectivity index (χ2v) is 5.57. The highest BCUT2D eigenvalue weighted by Gasteiger charge is 2.20. The highest BCUT2D eigenvalue weighted by atomic mass is 35.5. The quantitative estimate of drug-likeness (QED) is 0.890. The van der Waals surface area contributed by atoms with Crippen molar-refractivity contribution in [1.82, 2.24) is 20.4 Å². The summed E-state index contributed by atoms with van der Waals surface area (Å²) in [5.74, 6) is -0.213. The van der Waals surface area contributed by atoms with Crippen molar-refractivity contribution in [3.8, 4) is 5.69 Å². The van der Waals surface area contributed by atoms with Crippen LogP contribution in [0.25, 0.3) is 5.69 Å². The second kappa shape index (κ2) is 5.87. The van der Waals surface area contributed by atoms with Crippen LogP contribution >= 0.6 is 11.6 Å². The number of rotatable bonds is 5. The molecule has 0 unspecified atom stereocenters. The van der Waals surface area contributed by atoms with E-state index in [2.05, 4.69) is 15.7 Å². The number of aromatic nitrogens is 2. The van der Waals surface area contributed by atoms with Gasteiger partial charge in [0, 0.05) is 25.8 Å². The molecule has 0 bridgehead atoms. The van der Waals surface area contributed by atoms with Crippen molar-refractivity contribution in [2.24, 2.45) is 0 Å². The zero-order valence-corrected chi connectivity index (χ0v) is 12.5. The van der Waals surface area contributed by atoms with Crippen LogP contribution in [0.15, 0.2) is 30.5 Å². The Morgan fingerprint density at radius 3 is 2.90 bits per heavy atom. The maximum Gasteiger partial charge on any atom is 0.271 e. The molecule has 110 valence electrons. The van der Waals surface area contributed by atoms with Crippen LogP contribution < -0.4 is 10.6 Å². The lowest BCUT2D eigenvalue weighted by molar-refractivity contribution is 0.0957. The first kappa shape index (κ1) is 14.1. The van der Waals surface area contributed by atoms with Crippen LogP contribution in [-0.2, 0) is 6.54 Å². The van der Waals surface area contributed by atoms with Gasteiger partial charge in [0.1, 0.15) is 0 Å². The second-order valence-electron chi connectivity index (χ2n) is 5.17. The fourth-order valence-corrected chi connectivity index (χ4v) is 2.39. The number of hydrogen-bond acceptors (Lipinski definition) is 3. The van der Waals surface area contributed by atoms with E-state index >= 15 is 0 Å². The normalized spacial score (nSPS) is 14.2. The Balaban J connectivity index is 1.77. The molecule has 1 saturated carbocycles. The fraction of sp³-hybridized carbons (Fsp3) is 0.333. The molecule has 3 rings (SSSR count). The van der Waals surface area contributed by atoms with Gasteiger partial charge in [0.2, 0.25) is 0 Å². The summed E-state index contributed by atoms with van der Waals surface area (Å²) < 4.78 is 1.62. The number of carbonyl (C=O) groups excluding carboxylic acids is 1. The molecular weight excluding hydrogens is 288 g/mol.